The largest absolute Gasteiger partial charge is 0.480 e. The van der Waals surface area contributed by atoms with E-state index in [2.05, 4.69) is 0 Å². The molecule has 1 heterocycles. The van der Waals surface area contributed by atoms with E-state index < -0.39 is 28.0 Å². The Morgan fingerprint density at radius 3 is 2.78 bits per heavy atom. The molecule has 1 aliphatic heterocycles. The van der Waals surface area contributed by atoms with Crippen LogP contribution in [-0.2, 0) is 30.8 Å². The fraction of sp³-hybridized carbons (Fsp3) is 0.467. The Labute approximate surface area is 134 Å². The third kappa shape index (κ3) is 3.89. The molecule has 2 rings (SSSR count). The second-order valence-electron chi connectivity index (χ2n) is 5.24. The van der Waals surface area contributed by atoms with Gasteiger partial charge in [-0.1, -0.05) is 12.1 Å². The van der Waals surface area contributed by atoms with Gasteiger partial charge < -0.3 is 9.84 Å². The van der Waals surface area contributed by atoms with E-state index in [-0.39, 0.29) is 24.5 Å². The van der Waals surface area contributed by atoms with Gasteiger partial charge in [0, 0.05) is 6.54 Å². The summed E-state index contributed by atoms with van der Waals surface area (Å²) in [5.74, 6) is -1.58. The van der Waals surface area contributed by atoms with Gasteiger partial charge in [0.25, 0.3) is 0 Å². The SMILES string of the molecule is CCOC(=O)Cc1cccc(S(=O)(=O)N2CCCC2C(=O)O)c1. The van der Waals surface area contributed by atoms with Crippen LogP contribution in [0.15, 0.2) is 29.2 Å². The zero-order valence-electron chi connectivity index (χ0n) is 12.8. The molecule has 8 heteroatoms. The summed E-state index contributed by atoms with van der Waals surface area (Å²) < 4.78 is 31.2. The second-order valence-corrected chi connectivity index (χ2v) is 7.13. The number of carbonyl (C=O) groups is 2. The van der Waals surface area contributed by atoms with Gasteiger partial charge in [-0.05, 0) is 37.5 Å². The number of benzene rings is 1. The minimum Gasteiger partial charge on any atom is -0.480 e. The van der Waals surface area contributed by atoms with Crippen LogP contribution in [0.1, 0.15) is 25.3 Å². The van der Waals surface area contributed by atoms with Gasteiger partial charge >= 0.3 is 11.9 Å². The molecule has 1 atom stereocenters. The van der Waals surface area contributed by atoms with Crippen LogP contribution in [0.25, 0.3) is 0 Å². The summed E-state index contributed by atoms with van der Waals surface area (Å²) in [6, 6.07) is 4.93. The van der Waals surface area contributed by atoms with Gasteiger partial charge in [0.2, 0.25) is 10.0 Å². The number of carboxylic acids is 1. The Bertz CT molecular complexity index is 700. The molecule has 7 nitrogen and oxygen atoms in total. The van der Waals surface area contributed by atoms with Crippen molar-refractivity contribution in [1.82, 2.24) is 4.31 Å². The third-order valence-electron chi connectivity index (χ3n) is 3.65. The monoisotopic (exact) mass is 341 g/mol. The summed E-state index contributed by atoms with van der Waals surface area (Å²) in [6.45, 7) is 2.13. The molecule has 1 fully saturated rings. The molecule has 1 N–H and O–H groups in total. The van der Waals surface area contributed by atoms with Crippen LogP contribution in [0.2, 0.25) is 0 Å². The Morgan fingerprint density at radius 2 is 2.13 bits per heavy atom. The maximum Gasteiger partial charge on any atom is 0.322 e. The lowest BCUT2D eigenvalue weighted by atomic mass is 10.1. The van der Waals surface area contributed by atoms with Crippen molar-refractivity contribution >= 4 is 22.0 Å². The van der Waals surface area contributed by atoms with E-state index in [0.29, 0.717) is 18.4 Å². The number of aliphatic carboxylic acids is 1. The van der Waals surface area contributed by atoms with Crippen LogP contribution in [0.3, 0.4) is 0 Å². The van der Waals surface area contributed by atoms with Gasteiger partial charge in [0.05, 0.1) is 17.9 Å². The molecule has 0 spiro atoms. The Kier molecular flexibility index (Phi) is 5.38. The van der Waals surface area contributed by atoms with E-state index in [4.69, 9.17) is 9.84 Å². The number of hydrogen-bond donors (Lipinski definition) is 1. The Hall–Kier alpha value is -1.93. The minimum absolute atomic E-state index is 0.00699. The van der Waals surface area contributed by atoms with Crippen LogP contribution >= 0.6 is 0 Å². The highest BCUT2D eigenvalue weighted by molar-refractivity contribution is 7.89. The van der Waals surface area contributed by atoms with Crippen LogP contribution in [-0.4, -0.2) is 49.0 Å². The van der Waals surface area contributed by atoms with E-state index in [1.165, 1.54) is 18.2 Å². The number of sulfonamides is 1. The molecule has 0 aromatic heterocycles. The zero-order chi connectivity index (χ0) is 17.0. The molecule has 0 aliphatic carbocycles. The standard InChI is InChI=1S/C15H19NO6S/c1-2-22-14(17)10-11-5-3-6-12(9-11)23(20,21)16-8-4-7-13(16)15(18)19/h3,5-6,9,13H,2,4,7-8,10H2,1H3,(H,18,19). The first-order chi connectivity index (χ1) is 10.9. The fourth-order valence-corrected chi connectivity index (χ4v) is 4.33. The highest BCUT2D eigenvalue weighted by Crippen LogP contribution is 2.26. The van der Waals surface area contributed by atoms with Gasteiger partial charge in [0.1, 0.15) is 6.04 Å². The number of ether oxygens (including phenoxy) is 1. The minimum atomic E-state index is -3.90. The molecule has 0 radical (unpaired) electrons. The van der Waals surface area contributed by atoms with E-state index >= 15 is 0 Å². The number of nitrogens with zero attached hydrogens (tertiary/aromatic N) is 1. The topological polar surface area (TPSA) is 101 Å². The lowest BCUT2D eigenvalue weighted by molar-refractivity contribution is -0.142. The summed E-state index contributed by atoms with van der Waals surface area (Å²) >= 11 is 0. The zero-order valence-corrected chi connectivity index (χ0v) is 13.6. The molecular weight excluding hydrogens is 322 g/mol. The van der Waals surface area contributed by atoms with Crippen LogP contribution in [0.5, 0.6) is 0 Å². The number of carbonyl (C=O) groups excluding carboxylic acids is 1. The van der Waals surface area contributed by atoms with E-state index in [1.54, 1.807) is 13.0 Å². The van der Waals surface area contributed by atoms with Crippen molar-refractivity contribution in [3.05, 3.63) is 29.8 Å². The van der Waals surface area contributed by atoms with Crippen molar-refractivity contribution in [2.45, 2.75) is 37.1 Å². The predicted octanol–water partition coefficient (Wildman–Crippen LogP) is 1.03. The average molecular weight is 341 g/mol. The first-order valence-electron chi connectivity index (χ1n) is 7.35. The van der Waals surface area contributed by atoms with Gasteiger partial charge in [-0.25, -0.2) is 8.42 Å². The Morgan fingerprint density at radius 1 is 1.39 bits per heavy atom. The predicted molar refractivity (Wildman–Crippen MR) is 81.3 cm³/mol. The lowest BCUT2D eigenvalue weighted by Crippen LogP contribution is -2.40. The first-order valence-corrected chi connectivity index (χ1v) is 8.79. The summed E-state index contributed by atoms with van der Waals surface area (Å²) in [4.78, 5) is 22.7. The molecule has 1 aromatic carbocycles. The molecule has 1 unspecified atom stereocenters. The summed E-state index contributed by atoms with van der Waals surface area (Å²) in [7, 11) is -3.90. The van der Waals surface area contributed by atoms with Crippen molar-refractivity contribution in [1.29, 1.82) is 0 Å². The maximum absolute atomic E-state index is 12.7. The summed E-state index contributed by atoms with van der Waals surface area (Å²) in [5.41, 5.74) is 0.510. The number of carboxylic acid groups (broad SMARTS) is 1. The molecule has 1 aliphatic rings. The van der Waals surface area contributed by atoms with E-state index in [1.807, 2.05) is 0 Å². The van der Waals surface area contributed by atoms with Gasteiger partial charge in [0.15, 0.2) is 0 Å². The second kappa shape index (κ2) is 7.10. The first kappa shape index (κ1) is 17.4. The van der Waals surface area contributed by atoms with Crippen molar-refractivity contribution < 1.29 is 27.9 Å². The third-order valence-corrected chi connectivity index (χ3v) is 5.55. The van der Waals surface area contributed by atoms with Crippen LogP contribution in [0.4, 0.5) is 0 Å². The summed E-state index contributed by atoms with van der Waals surface area (Å²) in [6.07, 6.45) is 0.787. The molecule has 1 saturated heterocycles. The van der Waals surface area contributed by atoms with Gasteiger partial charge in [-0.3, -0.25) is 9.59 Å². The van der Waals surface area contributed by atoms with Crippen molar-refractivity contribution in [3.63, 3.8) is 0 Å². The smallest absolute Gasteiger partial charge is 0.322 e. The molecule has 0 saturated carbocycles. The fourth-order valence-electron chi connectivity index (χ4n) is 2.60. The highest BCUT2D eigenvalue weighted by atomic mass is 32.2. The number of rotatable bonds is 6. The van der Waals surface area contributed by atoms with Crippen LogP contribution < -0.4 is 0 Å². The van der Waals surface area contributed by atoms with Gasteiger partial charge in [-0.2, -0.15) is 4.31 Å². The van der Waals surface area contributed by atoms with Crippen molar-refractivity contribution in [2.24, 2.45) is 0 Å². The molecule has 23 heavy (non-hydrogen) atoms. The molecule has 126 valence electrons. The molecule has 0 bridgehead atoms. The Balaban J connectivity index is 2.26. The van der Waals surface area contributed by atoms with E-state index in [9.17, 15) is 18.0 Å². The number of esters is 1. The average Bonchev–Trinajstić information content (AvgIpc) is 2.98. The molecule has 1 aromatic rings. The quantitative estimate of drug-likeness (QED) is 0.776. The van der Waals surface area contributed by atoms with E-state index in [0.717, 1.165) is 4.31 Å². The lowest BCUT2D eigenvalue weighted by Gasteiger charge is -2.21. The summed E-state index contributed by atoms with van der Waals surface area (Å²) in [5, 5.41) is 9.16. The highest BCUT2D eigenvalue weighted by Gasteiger charge is 2.39. The van der Waals surface area contributed by atoms with Crippen molar-refractivity contribution in [3.8, 4) is 0 Å². The normalized spacial score (nSPS) is 18.7. The van der Waals surface area contributed by atoms with Crippen LogP contribution in [0, 0.1) is 0 Å². The molecule has 0 amide bonds. The molecular formula is C15H19NO6S. The number of hydrogen-bond acceptors (Lipinski definition) is 5. The van der Waals surface area contributed by atoms with Gasteiger partial charge in [-0.15, -0.1) is 0 Å². The maximum atomic E-state index is 12.7. The van der Waals surface area contributed by atoms with Crippen molar-refractivity contribution in [2.75, 3.05) is 13.2 Å².